The van der Waals surface area contributed by atoms with Gasteiger partial charge in [0.2, 0.25) is 11.8 Å². The summed E-state index contributed by atoms with van der Waals surface area (Å²) in [5.74, 6) is 1.09. The first kappa shape index (κ1) is 25.4. The van der Waals surface area contributed by atoms with E-state index in [1.807, 2.05) is 36.0 Å². The zero-order valence-electron chi connectivity index (χ0n) is 19.1. The lowest BCUT2D eigenvalue weighted by Crippen LogP contribution is -2.36. The van der Waals surface area contributed by atoms with Crippen molar-refractivity contribution in [3.05, 3.63) is 35.4 Å². The number of rotatable bonds is 14. The van der Waals surface area contributed by atoms with E-state index in [4.69, 9.17) is 5.11 Å². The summed E-state index contributed by atoms with van der Waals surface area (Å²) in [6.45, 7) is 1.16. The van der Waals surface area contributed by atoms with E-state index >= 15 is 0 Å². The molecule has 8 nitrogen and oxygen atoms in total. The molecule has 0 spiro atoms. The van der Waals surface area contributed by atoms with Crippen LogP contribution in [-0.4, -0.2) is 52.6 Å². The molecule has 182 valence electrons. The van der Waals surface area contributed by atoms with Crippen LogP contribution in [0.4, 0.5) is 4.79 Å². The highest BCUT2D eigenvalue weighted by molar-refractivity contribution is 8.00. The Labute approximate surface area is 200 Å². The van der Waals surface area contributed by atoms with Gasteiger partial charge in [0.05, 0.1) is 18.7 Å². The molecule has 2 fully saturated rings. The number of hydrogen-bond donors (Lipinski definition) is 5. The molecule has 2 heterocycles. The van der Waals surface area contributed by atoms with E-state index < -0.39 is 0 Å². The molecule has 3 rings (SSSR count). The van der Waals surface area contributed by atoms with Gasteiger partial charge < -0.3 is 26.4 Å². The topological polar surface area (TPSA) is 120 Å². The van der Waals surface area contributed by atoms with Gasteiger partial charge in [-0.15, -0.1) is 0 Å². The third-order valence-corrected chi connectivity index (χ3v) is 7.69. The quantitative estimate of drug-likeness (QED) is 0.208. The third kappa shape index (κ3) is 8.55. The minimum absolute atomic E-state index is 0.0214. The molecule has 9 heteroatoms. The number of urea groups is 1. The van der Waals surface area contributed by atoms with E-state index in [1.165, 1.54) is 0 Å². The summed E-state index contributed by atoms with van der Waals surface area (Å²) in [6, 6.07) is 7.96. The van der Waals surface area contributed by atoms with Crippen LogP contribution in [0, 0.1) is 0 Å². The lowest BCUT2D eigenvalue weighted by atomic mass is 10.0. The van der Waals surface area contributed by atoms with Gasteiger partial charge in [0.25, 0.3) is 0 Å². The minimum atomic E-state index is -0.0551. The highest BCUT2D eigenvalue weighted by Crippen LogP contribution is 2.33. The van der Waals surface area contributed by atoms with Crippen molar-refractivity contribution in [1.29, 1.82) is 0 Å². The second-order valence-corrected chi connectivity index (χ2v) is 10.1. The molecule has 2 aliphatic heterocycles. The lowest BCUT2D eigenvalue weighted by molar-refractivity contribution is -0.122. The molecule has 1 aromatic rings. The molecule has 5 N–H and O–H groups in total. The molecule has 1 aromatic carbocycles. The van der Waals surface area contributed by atoms with Crippen LogP contribution in [0.15, 0.2) is 24.3 Å². The largest absolute Gasteiger partial charge is 0.392 e. The fourth-order valence-electron chi connectivity index (χ4n) is 4.23. The zero-order valence-corrected chi connectivity index (χ0v) is 19.9. The summed E-state index contributed by atoms with van der Waals surface area (Å²) in [6.07, 6.45) is 6.48. The Bertz CT molecular complexity index is 789. The van der Waals surface area contributed by atoms with Crippen LogP contribution in [-0.2, 0) is 22.7 Å². The van der Waals surface area contributed by atoms with Crippen LogP contribution < -0.4 is 21.3 Å². The van der Waals surface area contributed by atoms with Crippen LogP contribution in [0.3, 0.4) is 0 Å². The van der Waals surface area contributed by atoms with Crippen molar-refractivity contribution in [2.75, 3.05) is 12.3 Å². The summed E-state index contributed by atoms with van der Waals surface area (Å²) in [5.41, 5.74) is 1.87. The number of unbranched alkanes of at least 4 members (excludes halogenated alkanes) is 3. The molecular formula is C24H36N4O4S. The van der Waals surface area contributed by atoms with Gasteiger partial charge in [-0.25, -0.2) is 4.79 Å². The van der Waals surface area contributed by atoms with Gasteiger partial charge in [-0.1, -0.05) is 37.1 Å². The van der Waals surface area contributed by atoms with Gasteiger partial charge in [0.15, 0.2) is 0 Å². The Morgan fingerprint density at radius 1 is 0.939 bits per heavy atom. The van der Waals surface area contributed by atoms with Crippen molar-refractivity contribution in [3.63, 3.8) is 0 Å². The molecule has 0 unspecified atom stereocenters. The van der Waals surface area contributed by atoms with Crippen molar-refractivity contribution >= 4 is 29.6 Å². The zero-order chi connectivity index (χ0) is 23.5. The van der Waals surface area contributed by atoms with Crippen LogP contribution >= 0.6 is 11.8 Å². The molecule has 0 aromatic heterocycles. The Morgan fingerprint density at radius 2 is 1.64 bits per heavy atom. The van der Waals surface area contributed by atoms with Gasteiger partial charge in [-0.05, 0) is 36.8 Å². The number of amides is 4. The summed E-state index contributed by atoms with van der Waals surface area (Å²) < 4.78 is 0. The van der Waals surface area contributed by atoms with Gasteiger partial charge in [-0.2, -0.15) is 11.8 Å². The van der Waals surface area contributed by atoms with Gasteiger partial charge in [0.1, 0.15) is 0 Å². The normalized spacial score (nSPS) is 21.2. The van der Waals surface area contributed by atoms with Crippen molar-refractivity contribution in [3.8, 4) is 0 Å². The first-order chi connectivity index (χ1) is 16.0. The standard InChI is InChI=1S/C24H36N4O4S/c29-15-18-11-9-17(10-12-18)14-26-22(31)7-2-1-5-13-25-21(30)8-4-3-6-20-23-19(16-33-20)27-24(32)28-23/h9-12,19-20,23,29H,1-8,13-16H2,(H,25,30)(H,26,31)(H2,27,28,32)/t19-,20-,23-/m0/s1. The first-order valence-electron chi connectivity index (χ1n) is 12.0. The molecule has 0 aliphatic carbocycles. The molecule has 0 bridgehead atoms. The smallest absolute Gasteiger partial charge is 0.315 e. The van der Waals surface area contributed by atoms with Crippen LogP contribution in [0.1, 0.15) is 62.5 Å². The number of thioether (sulfide) groups is 1. The van der Waals surface area contributed by atoms with Crippen molar-refractivity contribution < 1.29 is 19.5 Å². The molecule has 0 saturated carbocycles. The highest BCUT2D eigenvalue weighted by atomic mass is 32.2. The number of benzene rings is 1. The lowest BCUT2D eigenvalue weighted by Gasteiger charge is -2.16. The fraction of sp³-hybridized carbons (Fsp3) is 0.625. The Morgan fingerprint density at radius 3 is 2.39 bits per heavy atom. The average molecular weight is 477 g/mol. The fourth-order valence-corrected chi connectivity index (χ4v) is 5.77. The monoisotopic (exact) mass is 476 g/mol. The molecule has 33 heavy (non-hydrogen) atoms. The second-order valence-electron chi connectivity index (χ2n) is 8.78. The predicted molar refractivity (Wildman–Crippen MR) is 130 cm³/mol. The van der Waals surface area contributed by atoms with Gasteiger partial charge in [-0.3, -0.25) is 9.59 Å². The van der Waals surface area contributed by atoms with Crippen LogP contribution in [0.25, 0.3) is 0 Å². The minimum Gasteiger partial charge on any atom is -0.392 e. The average Bonchev–Trinajstić information content (AvgIpc) is 3.37. The number of nitrogens with one attached hydrogen (secondary N) is 4. The van der Waals surface area contributed by atoms with E-state index in [0.29, 0.717) is 31.2 Å². The predicted octanol–water partition coefficient (Wildman–Crippen LogP) is 2.20. The molecule has 3 atom stereocenters. The second kappa shape index (κ2) is 13.4. The van der Waals surface area contributed by atoms with Crippen molar-refractivity contribution in [2.45, 2.75) is 81.9 Å². The number of aliphatic hydroxyl groups excluding tert-OH is 1. The van der Waals surface area contributed by atoms with Crippen LogP contribution in [0.2, 0.25) is 0 Å². The SMILES string of the molecule is O=C(CCCC[C@@H]1SC[C@@H]2NC(=O)N[C@@H]21)NCCCCCC(=O)NCc1ccc(CO)cc1. The molecule has 4 amide bonds. The number of carbonyl (C=O) groups is 3. The third-order valence-electron chi connectivity index (χ3n) is 6.18. The summed E-state index contributed by atoms with van der Waals surface area (Å²) in [4.78, 5) is 35.4. The summed E-state index contributed by atoms with van der Waals surface area (Å²) in [5, 5.41) is 21.3. The van der Waals surface area contributed by atoms with E-state index in [1.54, 1.807) is 0 Å². The van der Waals surface area contributed by atoms with Crippen molar-refractivity contribution in [2.24, 2.45) is 0 Å². The maximum absolute atomic E-state index is 12.0. The summed E-state index contributed by atoms with van der Waals surface area (Å²) >= 11 is 1.91. The number of fused-ring (bicyclic) bond motifs is 1. The van der Waals surface area contributed by atoms with E-state index in [2.05, 4.69) is 21.3 Å². The number of hydrogen-bond acceptors (Lipinski definition) is 5. The van der Waals surface area contributed by atoms with E-state index in [9.17, 15) is 14.4 Å². The molecule has 2 saturated heterocycles. The Balaban J connectivity index is 1.13. The van der Waals surface area contributed by atoms with Crippen LogP contribution in [0.5, 0.6) is 0 Å². The first-order valence-corrected chi connectivity index (χ1v) is 13.0. The number of aliphatic hydroxyl groups is 1. The molecule has 2 aliphatic rings. The van der Waals surface area contributed by atoms with E-state index in [-0.39, 0.29) is 36.5 Å². The maximum atomic E-state index is 12.0. The Kier molecular flexibility index (Phi) is 10.3. The highest BCUT2D eigenvalue weighted by Gasteiger charge is 2.42. The van der Waals surface area contributed by atoms with Crippen molar-refractivity contribution in [1.82, 2.24) is 21.3 Å². The Hall–Kier alpha value is -2.26. The molecule has 0 radical (unpaired) electrons. The number of carbonyl (C=O) groups excluding carboxylic acids is 3. The molecular weight excluding hydrogens is 440 g/mol. The van der Waals surface area contributed by atoms with Gasteiger partial charge >= 0.3 is 6.03 Å². The van der Waals surface area contributed by atoms with E-state index in [0.717, 1.165) is 55.4 Å². The maximum Gasteiger partial charge on any atom is 0.315 e. The van der Waals surface area contributed by atoms with Gasteiger partial charge in [0, 0.05) is 36.9 Å². The summed E-state index contributed by atoms with van der Waals surface area (Å²) in [7, 11) is 0.